The quantitative estimate of drug-likeness (QED) is 0.550. The molecule has 5 nitrogen and oxygen atoms in total. The SMILES string of the molecule is CNC(=O)Cn1cc([Se]c2cc(Br)ccc2C(N)=O)c2ccccc21. The van der Waals surface area contributed by atoms with Crippen LogP contribution in [0.1, 0.15) is 10.4 Å². The first-order valence-electron chi connectivity index (χ1n) is 7.55. The Kier molecular flexibility index (Phi) is 5.27. The van der Waals surface area contributed by atoms with Crippen LogP contribution < -0.4 is 20.0 Å². The number of amides is 2. The van der Waals surface area contributed by atoms with Crippen LogP contribution in [0.25, 0.3) is 10.9 Å². The summed E-state index contributed by atoms with van der Waals surface area (Å²) in [5.74, 6) is -0.487. The fourth-order valence-electron chi connectivity index (χ4n) is 2.56. The summed E-state index contributed by atoms with van der Waals surface area (Å²) in [7, 11) is 1.62. The number of hydrogen-bond acceptors (Lipinski definition) is 2. The normalized spacial score (nSPS) is 10.8. The number of hydrogen-bond donors (Lipinski definition) is 2. The monoisotopic (exact) mass is 465 g/mol. The van der Waals surface area contributed by atoms with E-state index in [1.165, 1.54) is 0 Å². The molecule has 1 aromatic heterocycles. The van der Waals surface area contributed by atoms with Crippen molar-refractivity contribution in [1.29, 1.82) is 0 Å². The zero-order valence-electron chi connectivity index (χ0n) is 13.5. The maximum atomic E-state index is 11.8. The number of primary amides is 1. The van der Waals surface area contributed by atoms with Crippen LogP contribution in [0.15, 0.2) is 53.1 Å². The molecule has 0 saturated heterocycles. The number of likely N-dealkylation sites (N-methyl/N-ethyl adjacent to an activating group) is 1. The molecule has 2 amide bonds. The number of carbonyl (C=O) groups excluding carboxylic acids is 2. The van der Waals surface area contributed by atoms with Gasteiger partial charge >= 0.3 is 160 Å². The minimum atomic E-state index is -0.432. The van der Waals surface area contributed by atoms with Gasteiger partial charge in [-0.3, -0.25) is 0 Å². The number of aromatic nitrogens is 1. The Balaban J connectivity index is 2.07. The Labute approximate surface area is 159 Å². The molecule has 1 heterocycles. The molecule has 0 aliphatic carbocycles. The number of halogens is 1. The molecule has 0 atom stereocenters. The third-order valence-corrected chi connectivity index (χ3v) is 6.58. The first-order valence-corrected chi connectivity index (χ1v) is 10.1. The van der Waals surface area contributed by atoms with Crippen LogP contribution in [0.4, 0.5) is 0 Å². The molecule has 0 bridgehead atoms. The molecule has 0 spiro atoms. The molecule has 0 saturated carbocycles. The van der Waals surface area contributed by atoms with E-state index in [0.717, 1.165) is 24.3 Å². The third kappa shape index (κ3) is 3.79. The zero-order valence-corrected chi connectivity index (χ0v) is 16.8. The van der Waals surface area contributed by atoms with Gasteiger partial charge in [-0.1, -0.05) is 0 Å². The number of rotatable bonds is 5. The Morgan fingerprint density at radius 3 is 2.68 bits per heavy atom. The van der Waals surface area contributed by atoms with Gasteiger partial charge in [0.05, 0.1) is 0 Å². The van der Waals surface area contributed by atoms with Gasteiger partial charge in [0.25, 0.3) is 0 Å². The van der Waals surface area contributed by atoms with Crippen LogP contribution in [-0.2, 0) is 11.3 Å². The first-order chi connectivity index (χ1) is 12.0. The van der Waals surface area contributed by atoms with Gasteiger partial charge in [0.2, 0.25) is 0 Å². The summed E-state index contributed by atoms with van der Waals surface area (Å²) in [6.07, 6.45) is 1.99. The second-order valence-corrected chi connectivity index (χ2v) is 8.61. The number of nitrogens with zero attached hydrogens (tertiary/aromatic N) is 1. The molecular formula is C18H16BrN3O2Se. The molecule has 3 aromatic rings. The number of nitrogens with two attached hydrogens (primary N) is 1. The van der Waals surface area contributed by atoms with Crippen molar-refractivity contribution in [3.05, 3.63) is 58.7 Å². The second kappa shape index (κ2) is 7.43. The van der Waals surface area contributed by atoms with Gasteiger partial charge in [-0.25, -0.2) is 0 Å². The van der Waals surface area contributed by atoms with E-state index in [4.69, 9.17) is 5.73 Å². The molecule has 0 fully saturated rings. The Hall–Kier alpha value is -2.08. The number of para-hydroxylation sites is 1. The van der Waals surface area contributed by atoms with Crippen LogP contribution in [-0.4, -0.2) is 38.4 Å². The maximum absolute atomic E-state index is 11.8. The fraction of sp³-hybridized carbons (Fsp3) is 0.111. The predicted octanol–water partition coefficient (Wildman–Crippen LogP) is 0.904. The summed E-state index contributed by atoms with van der Waals surface area (Å²) in [5, 5.41) is 3.73. The molecule has 2 aromatic carbocycles. The van der Waals surface area contributed by atoms with Gasteiger partial charge in [-0.15, -0.1) is 0 Å². The topological polar surface area (TPSA) is 77.1 Å². The van der Waals surface area contributed by atoms with Crippen molar-refractivity contribution in [2.24, 2.45) is 5.73 Å². The number of carbonyl (C=O) groups is 2. The van der Waals surface area contributed by atoms with Crippen LogP contribution in [0.2, 0.25) is 0 Å². The standard InChI is InChI=1S/C18H16BrN3O2Se/c1-21-17(23)10-22-9-16(12-4-2-3-5-14(12)22)25-15-8-11(19)6-7-13(15)18(20)24/h2-9H,10H2,1H3,(H2,20,24)(H,21,23). The van der Waals surface area contributed by atoms with E-state index in [0.29, 0.717) is 5.56 Å². The Morgan fingerprint density at radius 1 is 1.20 bits per heavy atom. The number of benzene rings is 2. The van der Waals surface area contributed by atoms with Crippen LogP contribution in [0, 0.1) is 0 Å². The summed E-state index contributed by atoms with van der Waals surface area (Å²) >= 11 is 3.33. The van der Waals surface area contributed by atoms with Gasteiger partial charge < -0.3 is 0 Å². The second-order valence-electron chi connectivity index (χ2n) is 5.42. The summed E-state index contributed by atoms with van der Waals surface area (Å²) < 4.78 is 4.86. The van der Waals surface area contributed by atoms with Gasteiger partial charge in [0.15, 0.2) is 0 Å². The minimum absolute atomic E-state index is 0.0555. The number of nitrogens with one attached hydrogen (secondary N) is 1. The van der Waals surface area contributed by atoms with E-state index in [2.05, 4.69) is 21.2 Å². The Bertz CT molecular complexity index is 968. The van der Waals surface area contributed by atoms with E-state index in [1.54, 1.807) is 13.1 Å². The molecular weight excluding hydrogens is 449 g/mol. The first kappa shape index (κ1) is 17.7. The average molecular weight is 465 g/mol. The predicted molar refractivity (Wildman–Crippen MR) is 104 cm³/mol. The fourth-order valence-corrected chi connectivity index (χ4v) is 5.71. The van der Waals surface area contributed by atoms with Crippen LogP contribution >= 0.6 is 15.9 Å². The molecule has 3 rings (SSSR count). The van der Waals surface area contributed by atoms with E-state index in [9.17, 15) is 9.59 Å². The van der Waals surface area contributed by atoms with Gasteiger partial charge in [0, 0.05) is 0 Å². The van der Waals surface area contributed by atoms with Crippen molar-refractivity contribution in [3.63, 3.8) is 0 Å². The van der Waals surface area contributed by atoms with Crippen molar-refractivity contribution in [2.75, 3.05) is 7.05 Å². The van der Waals surface area contributed by atoms with Crippen molar-refractivity contribution in [2.45, 2.75) is 6.54 Å². The molecule has 0 aliphatic rings. The van der Waals surface area contributed by atoms with E-state index >= 15 is 0 Å². The van der Waals surface area contributed by atoms with E-state index < -0.39 is 5.91 Å². The van der Waals surface area contributed by atoms with Crippen LogP contribution in [0.5, 0.6) is 0 Å². The average Bonchev–Trinajstić information content (AvgIpc) is 2.92. The molecule has 0 radical (unpaired) electrons. The zero-order chi connectivity index (χ0) is 18.0. The molecule has 128 valence electrons. The van der Waals surface area contributed by atoms with Crippen molar-refractivity contribution < 1.29 is 9.59 Å². The van der Waals surface area contributed by atoms with Crippen molar-refractivity contribution in [1.82, 2.24) is 9.88 Å². The summed E-state index contributed by atoms with van der Waals surface area (Å²) in [5.41, 5.74) is 7.05. The van der Waals surface area contributed by atoms with E-state index in [-0.39, 0.29) is 27.4 Å². The number of fused-ring (bicyclic) bond motifs is 1. The summed E-state index contributed by atoms with van der Waals surface area (Å²) in [6, 6.07) is 13.4. The molecule has 0 unspecified atom stereocenters. The molecule has 3 N–H and O–H groups in total. The summed E-state index contributed by atoms with van der Waals surface area (Å²) in [6.45, 7) is 0.258. The van der Waals surface area contributed by atoms with Crippen molar-refractivity contribution >= 4 is 62.5 Å². The van der Waals surface area contributed by atoms with Gasteiger partial charge in [0.1, 0.15) is 0 Å². The molecule has 7 heteroatoms. The van der Waals surface area contributed by atoms with Crippen LogP contribution in [0.3, 0.4) is 0 Å². The van der Waals surface area contributed by atoms with Crippen molar-refractivity contribution in [3.8, 4) is 0 Å². The summed E-state index contributed by atoms with van der Waals surface area (Å²) in [4.78, 5) is 23.5. The molecule has 0 aliphatic heterocycles. The molecule has 25 heavy (non-hydrogen) atoms. The van der Waals surface area contributed by atoms with E-state index in [1.807, 2.05) is 47.2 Å². The van der Waals surface area contributed by atoms with Gasteiger partial charge in [-0.05, 0) is 0 Å². The Morgan fingerprint density at radius 2 is 1.96 bits per heavy atom. The third-order valence-electron chi connectivity index (χ3n) is 3.77. The van der Waals surface area contributed by atoms with Gasteiger partial charge in [-0.2, -0.15) is 0 Å².